The van der Waals surface area contributed by atoms with E-state index < -0.39 is 5.79 Å². The van der Waals surface area contributed by atoms with Gasteiger partial charge >= 0.3 is 0 Å². The highest BCUT2D eigenvalue weighted by Gasteiger charge is 2.42. The summed E-state index contributed by atoms with van der Waals surface area (Å²) >= 11 is 0. The molecule has 136 valence electrons. The second-order valence-corrected chi connectivity index (χ2v) is 7.17. The molecule has 27 heavy (non-hydrogen) atoms. The molecule has 1 fully saturated rings. The Morgan fingerprint density at radius 1 is 0.963 bits per heavy atom. The minimum Gasteiger partial charge on any atom is -0.448 e. The van der Waals surface area contributed by atoms with Gasteiger partial charge in [0.25, 0.3) is 11.7 Å². The summed E-state index contributed by atoms with van der Waals surface area (Å²) in [6, 6.07) is 14.9. The first-order valence-corrected chi connectivity index (χ1v) is 9.40. The third-order valence-electron chi connectivity index (χ3n) is 5.30. The molecule has 5 rings (SSSR count). The number of nitrogens with one attached hydrogen (secondary N) is 1. The van der Waals surface area contributed by atoms with E-state index in [2.05, 4.69) is 10.3 Å². The highest BCUT2D eigenvalue weighted by atomic mass is 16.7. The second-order valence-electron chi connectivity index (χ2n) is 7.17. The molecule has 5 heteroatoms. The van der Waals surface area contributed by atoms with Crippen LogP contribution in [0.15, 0.2) is 54.7 Å². The summed E-state index contributed by atoms with van der Waals surface area (Å²) in [5.74, 6) is 0.781. The van der Waals surface area contributed by atoms with Crippen LogP contribution in [0, 0.1) is 0 Å². The van der Waals surface area contributed by atoms with Crippen LogP contribution in [0.5, 0.6) is 11.5 Å². The summed E-state index contributed by atoms with van der Waals surface area (Å²) < 4.78 is 12.2. The molecule has 1 N–H and O–H groups in total. The van der Waals surface area contributed by atoms with Gasteiger partial charge in [0, 0.05) is 41.7 Å². The highest BCUT2D eigenvalue weighted by molar-refractivity contribution is 6.12. The van der Waals surface area contributed by atoms with Crippen molar-refractivity contribution in [2.24, 2.45) is 0 Å². The van der Waals surface area contributed by atoms with E-state index in [0.29, 0.717) is 17.0 Å². The Labute approximate surface area is 157 Å². The van der Waals surface area contributed by atoms with E-state index in [9.17, 15) is 4.79 Å². The molecule has 0 unspecified atom stereocenters. The highest BCUT2D eigenvalue weighted by Crippen LogP contribution is 2.46. The maximum atomic E-state index is 12.8. The molecule has 1 saturated carbocycles. The second kappa shape index (κ2) is 6.27. The minimum atomic E-state index is -0.509. The third kappa shape index (κ3) is 2.89. The van der Waals surface area contributed by atoms with Crippen molar-refractivity contribution < 1.29 is 14.3 Å². The normalized spacial score (nSPS) is 17.2. The Bertz CT molecular complexity index is 1020. The van der Waals surface area contributed by atoms with Gasteiger partial charge < -0.3 is 14.8 Å². The van der Waals surface area contributed by atoms with E-state index >= 15 is 0 Å². The van der Waals surface area contributed by atoms with Crippen LogP contribution < -0.4 is 14.8 Å². The van der Waals surface area contributed by atoms with Crippen molar-refractivity contribution in [1.82, 2.24) is 4.98 Å². The van der Waals surface area contributed by atoms with Crippen molar-refractivity contribution in [2.75, 3.05) is 5.32 Å². The molecule has 1 aliphatic heterocycles. The number of rotatable bonds is 2. The van der Waals surface area contributed by atoms with Crippen LogP contribution >= 0.6 is 0 Å². The molecular weight excluding hydrogens is 340 g/mol. The van der Waals surface area contributed by atoms with E-state index in [1.54, 1.807) is 6.20 Å². The molecular formula is C22H20N2O3. The van der Waals surface area contributed by atoms with Crippen molar-refractivity contribution in [2.45, 2.75) is 37.9 Å². The number of carbonyl (C=O) groups excluding carboxylic acids is 1. The number of nitrogens with zero attached hydrogens (tertiary/aromatic N) is 1. The fourth-order valence-electron chi connectivity index (χ4n) is 3.97. The number of anilines is 1. The fraction of sp³-hybridized carbons (Fsp3) is 0.273. The lowest BCUT2D eigenvalue weighted by molar-refractivity contribution is -0.105. The van der Waals surface area contributed by atoms with Gasteiger partial charge in [0.05, 0.1) is 5.52 Å². The van der Waals surface area contributed by atoms with Crippen molar-refractivity contribution in [3.05, 3.63) is 60.3 Å². The maximum absolute atomic E-state index is 12.8. The van der Waals surface area contributed by atoms with Gasteiger partial charge in [-0.05, 0) is 43.2 Å². The molecule has 0 radical (unpaired) electrons. The molecule has 1 amide bonds. The molecule has 0 atom stereocenters. The maximum Gasteiger partial charge on any atom is 0.256 e. The van der Waals surface area contributed by atoms with Gasteiger partial charge in [0.2, 0.25) is 0 Å². The summed E-state index contributed by atoms with van der Waals surface area (Å²) in [6.07, 6.45) is 7.01. The Morgan fingerprint density at radius 2 is 1.81 bits per heavy atom. The largest absolute Gasteiger partial charge is 0.448 e. The van der Waals surface area contributed by atoms with Gasteiger partial charge in [-0.1, -0.05) is 18.6 Å². The van der Waals surface area contributed by atoms with Crippen LogP contribution in [0.25, 0.3) is 10.9 Å². The van der Waals surface area contributed by atoms with E-state index in [1.807, 2.05) is 48.5 Å². The number of carbonyl (C=O) groups is 1. The van der Waals surface area contributed by atoms with Crippen LogP contribution in [0.1, 0.15) is 42.5 Å². The zero-order chi connectivity index (χ0) is 18.3. The van der Waals surface area contributed by atoms with Crippen LogP contribution in [-0.2, 0) is 0 Å². The van der Waals surface area contributed by atoms with Crippen molar-refractivity contribution in [3.63, 3.8) is 0 Å². The van der Waals surface area contributed by atoms with Gasteiger partial charge in [0.1, 0.15) is 0 Å². The SMILES string of the molecule is O=C(Nc1ccc2c(c1)OC1(CCCCC1)O2)c1cccc2ncccc12. The van der Waals surface area contributed by atoms with Crippen LogP contribution in [0.2, 0.25) is 0 Å². The van der Waals surface area contributed by atoms with E-state index in [-0.39, 0.29) is 5.91 Å². The van der Waals surface area contributed by atoms with Gasteiger partial charge in [-0.15, -0.1) is 0 Å². The number of hydrogen-bond donors (Lipinski definition) is 1. The Kier molecular flexibility index (Phi) is 3.74. The molecule has 2 heterocycles. The minimum absolute atomic E-state index is 0.167. The van der Waals surface area contributed by atoms with Gasteiger partial charge in [-0.3, -0.25) is 9.78 Å². The molecule has 0 saturated heterocycles. The number of amides is 1. The predicted molar refractivity (Wildman–Crippen MR) is 103 cm³/mol. The first-order valence-electron chi connectivity index (χ1n) is 9.40. The molecule has 0 bridgehead atoms. The Balaban J connectivity index is 1.39. The lowest BCUT2D eigenvalue weighted by Gasteiger charge is -2.31. The van der Waals surface area contributed by atoms with E-state index in [0.717, 1.165) is 42.3 Å². The fourth-order valence-corrected chi connectivity index (χ4v) is 3.97. The number of ether oxygens (including phenoxy) is 2. The Morgan fingerprint density at radius 3 is 2.70 bits per heavy atom. The standard InChI is InChI=1S/C22H20N2O3/c25-21(17-6-4-8-18-16(17)7-5-13-23-18)24-15-9-10-19-20(14-15)27-22(26-19)11-2-1-3-12-22/h4-10,13-14H,1-3,11-12H2,(H,24,25). The van der Waals surface area contributed by atoms with Crippen LogP contribution in [0.3, 0.4) is 0 Å². The predicted octanol–water partition coefficient (Wildman–Crippen LogP) is 4.92. The summed E-state index contributed by atoms with van der Waals surface area (Å²) in [4.78, 5) is 17.1. The van der Waals surface area contributed by atoms with Crippen molar-refractivity contribution >= 4 is 22.5 Å². The molecule has 5 nitrogen and oxygen atoms in total. The average Bonchev–Trinajstić information content (AvgIpc) is 3.04. The Hall–Kier alpha value is -3.08. The van der Waals surface area contributed by atoms with Crippen LogP contribution in [-0.4, -0.2) is 16.7 Å². The van der Waals surface area contributed by atoms with Gasteiger partial charge in [-0.25, -0.2) is 0 Å². The van der Waals surface area contributed by atoms with Gasteiger partial charge in [0.15, 0.2) is 11.5 Å². The first kappa shape index (κ1) is 16.1. The topological polar surface area (TPSA) is 60.5 Å². The number of benzene rings is 2. The third-order valence-corrected chi connectivity index (χ3v) is 5.30. The summed E-state index contributed by atoms with van der Waals surface area (Å²) in [7, 11) is 0. The zero-order valence-electron chi connectivity index (χ0n) is 14.9. The number of fused-ring (bicyclic) bond motifs is 2. The molecule has 1 aromatic heterocycles. The summed E-state index contributed by atoms with van der Waals surface area (Å²) in [5.41, 5.74) is 2.09. The first-order chi connectivity index (χ1) is 13.2. The quantitative estimate of drug-likeness (QED) is 0.705. The van der Waals surface area contributed by atoms with E-state index in [4.69, 9.17) is 9.47 Å². The van der Waals surface area contributed by atoms with E-state index in [1.165, 1.54) is 6.42 Å². The van der Waals surface area contributed by atoms with Gasteiger partial charge in [-0.2, -0.15) is 0 Å². The summed E-state index contributed by atoms with van der Waals surface area (Å²) in [6.45, 7) is 0. The summed E-state index contributed by atoms with van der Waals surface area (Å²) in [5, 5.41) is 3.80. The van der Waals surface area contributed by atoms with Crippen LogP contribution in [0.4, 0.5) is 5.69 Å². The number of hydrogen-bond acceptors (Lipinski definition) is 4. The number of pyridine rings is 1. The molecule has 3 aromatic rings. The smallest absolute Gasteiger partial charge is 0.256 e. The zero-order valence-corrected chi connectivity index (χ0v) is 14.9. The lowest BCUT2D eigenvalue weighted by atomic mass is 9.94. The molecule has 1 spiro atoms. The monoisotopic (exact) mass is 360 g/mol. The molecule has 2 aliphatic rings. The molecule has 2 aromatic carbocycles. The molecule has 1 aliphatic carbocycles. The lowest BCUT2D eigenvalue weighted by Crippen LogP contribution is -2.40. The number of aromatic nitrogens is 1. The van der Waals surface area contributed by atoms with Crippen molar-refractivity contribution in [3.8, 4) is 11.5 Å². The average molecular weight is 360 g/mol. The van der Waals surface area contributed by atoms with Crippen molar-refractivity contribution in [1.29, 1.82) is 0 Å².